The number of halogens is 1. The van der Waals surface area contributed by atoms with Crippen molar-refractivity contribution >= 4 is 33.3 Å². The molecule has 0 aliphatic carbocycles. The van der Waals surface area contributed by atoms with E-state index in [9.17, 15) is 9.59 Å². The number of likely N-dealkylation sites (N-methyl/N-ethyl adjacent to an activating group) is 1. The molecule has 0 aliphatic heterocycles. The van der Waals surface area contributed by atoms with Gasteiger partial charge in [-0.3, -0.25) is 9.59 Å². The summed E-state index contributed by atoms with van der Waals surface area (Å²) in [6, 6.07) is 3.26. The van der Waals surface area contributed by atoms with E-state index in [1.54, 1.807) is 19.2 Å². The number of ketones is 1. The van der Waals surface area contributed by atoms with Gasteiger partial charge in [0.25, 0.3) is 5.91 Å². The Labute approximate surface area is 120 Å². The number of rotatable bonds is 5. The lowest BCUT2D eigenvalue weighted by atomic mass is 10.1. The van der Waals surface area contributed by atoms with Crippen LogP contribution in [0.3, 0.4) is 0 Å². The third-order valence-corrected chi connectivity index (χ3v) is 3.16. The van der Waals surface area contributed by atoms with E-state index in [1.165, 1.54) is 11.8 Å². The Morgan fingerprint density at radius 1 is 1.42 bits per heavy atom. The predicted molar refractivity (Wildman–Crippen MR) is 77.4 cm³/mol. The average molecular weight is 329 g/mol. The maximum absolute atomic E-state index is 11.7. The van der Waals surface area contributed by atoms with E-state index in [-0.39, 0.29) is 24.0 Å². The Hall–Kier alpha value is -1.56. The summed E-state index contributed by atoms with van der Waals surface area (Å²) in [7, 11) is 1.68. The minimum absolute atomic E-state index is 0.142. The van der Waals surface area contributed by atoms with Crippen LogP contribution >= 0.6 is 15.9 Å². The van der Waals surface area contributed by atoms with Crippen LogP contribution in [0.25, 0.3) is 0 Å². The highest BCUT2D eigenvalue weighted by Crippen LogP contribution is 2.31. The maximum atomic E-state index is 11.7. The van der Waals surface area contributed by atoms with Gasteiger partial charge in [0.2, 0.25) is 0 Å². The third-order valence-electron chi connectivity index (χ3n) is 2.70. The van der Waals surface area contributed by atoms with Crippen molar-refractivity contribution in [1.82, 2.24) is 4.90 Å². The lowest BCUT2D eigenvalue weighted by molar-refractivity contribution is -0.131. The van der Waals surface area contributed by atoms with Gasteiger partial charge in [0, 0.05) is 18.1 Å². The SMILES string of the molecule is CCN(C)C(=O)COc1c(N)cc(Br)cc1C(C)=O. The zero-order valence-electron chi connectivity index (χ0n) is 11.2. The minimum Gasteiger partial charge on any atom is -0.481 e. The van der Waals surface area contributed by atoms with E-state index in [0.29, 0.717) is 22.3 Å². The van der Waals surface area contributed by atoms with Crippen molar-refractivity contribution < 1.29 is 14.3 Å². The fourth-order valence-electron chi connectivity index (χ4n) is 1.46. The molecule has 1 aromatic carbocycles. The van der Waals surface area contributed by atoms with Crippen LogP contribution in [-0.2, 0) is 4.79 Å². The van der Waals surface area contributed by atoms with Gasteiger partial charge in [-0.05, 0) is 26.0 Å². The molecule has 6 heteroatoms. The second-order valence-electron chi connectivity index (χ2n) is 4.12. The Morgan fingerprint density at radius 2 is 2.05 bits per heavy atom. The lowest BCUT2D eigenvalue weighted by Gasteiger charge is -2.17. The smallest absolute Gasteiger partial charge is 0.260 e. The van der Waals surface area contributed by atoms with Crippen LogP contribution in [0.2, 0.25) is 0 Å². The first-order valence-corrected chi connectivity index (χ1v) is 6.62. The molecule has 0 unspecified atom stereocenters. The molecule has 5 nitrogen and oxygen atoms in total. The molecule has 0 heterocycles. The van der Waals surface area contributed by atoms with Gasteiger partial charge in [0.15, 0.2) is 18.1 Å². The molecule has 0 bridgehead atoms. The molecule has 0 aliphatic rings. The van der Waals surface area contributed by atoms with Crippen LogP contribution in [0.15, 0.2) is 16.6 Å². The Kier molecular flexibility index (Phi) is 5.35. The van der Waals surface area contributed by atoms with Gasteiger partial charge in [-0.25, -0.2) is 0 Å². The fraction of sp³-hybridized carbons (Fsp3) is 0.385. The number of nitrogens with two attached hydrogens (primary N) is 1. The number of benzene rings is 1. The van der Waals surface area contributed by atoms with Crippen molar-refractivity contribution in [2.45, 2.75) is 13.8 Å². The molecule has 0 saturated heterocycles. The van der Waals surface area contributed by atoms with Gasteiger partial charge in [-0.15, -0.1) is 0 Å². The second kappa shape index (κ2) is 6.56. The van der Waals surface area contributed by atoms with Crippen molar-refractivity contribution in [3.8, 4) is 5.75 Å². The first-order valence-electron chi connectivity index (χ1n) is 5.83. The van der Waals surface area contributed by atoms with Crippen molar-refractivity contribution in [3.63, 3.8) is 0 Å². The number of anilines is 1. The molecule has 2 N–H and O–H groups in total. The molecule has 0 saturated carbocycles. The van der Waals surface area contributed by atoms with Crippen LogP contribution in [-0.4, -0.2) is 36.8 Å². The van der Waals surface area contributed by atoms with Crippen LogP contribution in [0.5, 0.6) is 5.75 Å². The first kappa shape index (κ1) is 15.5. The summed E-state index contributed by atoms with van der Waals surface area (Å²) in [6.45, 7) is 3.75. The second-order valence-corrected chi connectivity index (χ2v) is 5.04. The number of nitrogens with zero attached hydrogens (tertiary/aromatic N) is 1. The van der Waals surface area contributed by atoms with Gasteiger partial charge < -0.3 is 15.4 Å². The van der Waals surface area contributed by atoms with Crippen molar-refractivity contribution in [1.29, 1.82) is 0 Å². The summed E-state index contributed by atoms with van der Waals surface area (Å²) in [6.07, 6.45) is 0. The molecule has 0 radical (unpaired) electrons. The zero-order valence-corrected chi connectivity index (χ0v) is 12.8. The van der Waals surface area contributed by atoms with Crippen LogP contribution in [0.4, 0.5) is 5.69 Å². The number of carbonyl (C=O) groups is 2. The Bertz CT molecular complexity index is 503. The minimum atomic E-state index is -0.167. The first-order chi connectivity index (χ1) is 8.86. The van der Waals surface area contributed by atoms with E-state index >= 15 is 0 Å². The summed E-state index contributed by atoms with van der Waals surface area (Å²) < 4.78 is 6.11. The molecule has 19 heavy (non-hydrogen) atoms. The van der Waals surface area contributed by atoms with E-state index in [2.05, 4.69) is 15.9 Å². The van der Waals surface area contributed by atoms with Gasteiger partial charge >= 0.3 is 0 Å². The molecular weight excluding hydrogens is 312 g/mol. The number of carbonyl (C=O) groups excluding carboxylic acids is 2. The standard InChI is InChI=1S/C13H17BrN2O3/c1-4-16(3)12(18)7-19-13-10(8(2)17)5-9(14)6-11(13)15/h5-6H,4,7,15H2,1-3H3. The summed E-state index contributed by atoms with van der Waals surface area (Å²) in [5.41, 5.74) is 6.51. The van der Waals surface area contributed by atoms with Crippen molar-refractivity contribution in [2.75, 3.05) is 25.9 Å². The lowest BCUT2D eigenvalue weighted by Crippen LogP contribution is -2.31. The molecule has 1 amide bonds. The Balaban J connectivity index is 2.95. The maximum Gasteiger partial charge on any atom is 0.260 e. The van der Waals surface area contributed by atoms with Crippen LogP contribution in [0.1, 0.15) is 24.2 Å². The molecule has 0 aromatic heterocycles. The molecule has 104 valence electrons. The van der Waals surface area contributed by atoms with E-state index in [1.807, 2.05) is 6.92 Å². The molecule has 0 spiro atoms. The fourth-order valence-corrected chi connectivity index (χ4v) is 1.93. The number of amides is 1. The predicted octanol–water partition coefficient (Wildman–Crippen LogP) is 2.09. The number of nitrogen functional groups attached to an aromatic ring is 1. The summed E-state index contributed by atoms with van der Waals surface area (Å²) in [5.74, 6) is -0.0767. The van der Waals surface area contributed by atoms with E-state index < -0.39 is 0 Å². The van der Waals surface area contributed by atoms with Gasteiger partial charge in [-0.1, -0.05) is 15.9 Å². The van der Waals surface area contributed by atoms with Crippen molar-refractivity contribution in [2.24, 2.45) is 0 Å². The normalized spacial score (nSPS) is 10.1. The monoisotopic (exact) mass is 328 g/mol. The number of Topliss-reactive ketones (excluding diaryl/α,β-unsaturated/α-hetero) is 1. The zero-order chi connectivity index (χ0) is 14.6. The largest absolute Gasteiger partial charge is 0.481 e. The number of hydrogen-bond acceptors (Lipinski definition) is 4. The van der Waals surface area contributed by atoms with Crippen LogP contribution < -0.4 is 10.5 Å². The third kappa shape index (κ3) is 3.96. The number of hydrogen-bond donors (Lipinski definition) is 1. The highest BCUT2D eigenvalue weighted by atomic mass is 79.9. The summed E-state index contributed by atoms with van der Waals surface area (Å²) >= 11 is 3.27. The molecular formula is C13H17BrN2O3. The number of ether oxygens (including phenoxy) is 1. The van der Waals surface area contributed by atoms with Gasteiger partial charge in [0.05, 0.1) is 11.3 Å². The van der Waals surface area contributed by atoms with E-state index in [0.717, 1.165) is 0 Å². The van der Waals surface area contributed by atoms with Gasteiger partial charge in [-0.2, -0.15) is 0 Å². The molecule has 1 rings (SSSR count). The van der Waals surface area contributed by atoms with Crippen molar-refractivity contribution in [3.05, 3.63) is 22.2 Å². The highest BCUT2D eigenvalue weighted by molar-refractivity contribution is 9.10. The van der Waals surface area contributed by atoms with Gasteiger partial charge in [0.1, 0.15) is 0 Å². The Morgan fingerprint density at radius 3 is 2.58 bits per heavy atom. The summed E-state index contributed by atoms with van der Waals surface area (Å²) in [4.78, 5) is 24.8. The summed E-state index contributed by atoms with van der Waals surface area (Å²) in [5, 5.41) is 0. The van der Waals surface area contributed by atoms with E-state index in [4.69, 9.17) is 10.5 Å². The molecule has 1 aromatic rings. The average Bonchev–Trinajstić information content (AvgIpc) is 2.35. The van der Waals surface area contributed by atoms with Crippen LogP contribution in [0, 0.1) is 0 Å². The quantitative estimate of drug-likeness (QED) is 0.663. The molecule has 0 atom stereocenters. The molecule has 0 fully saturated rings. The topological polar surface area (TPSA) is 72.6 Å². The highest BCUT2D eigenvalue weighted by Gasteiger charge is 2.16.